The van der Waals surface area contributed by atoms with Crippen molar-refractivity contribution in [2.45, 2.75) is 25.5 Å². The van der Waals surface area contributed by atoms with Crippen LogP contribution in [0.5, 0.6) is 11.5 Å². The van der Waals surface area contributed by atoms with Crippen LogP contribution in [0.15, 0.2) is 12.1 Å². The van der Waals surface area contributed by atoms with Crippen molar-refractivity contribution in [1.82, 2.24) is 4.90 Å². The van der Waals surface area contributed by atoms with Crippen LogP contribution in [-0.4, -0.2) is 41.1 Å². The molecule has 1 aliphatic rings. The van der Waals surface area contributed by atoms with Crippen LogP contribution in [0.25, 0.3) is 0 Å². The van der Waals surface area contributed by atoms with E-state index in [1.165, 1.54) is 11.8 Å². The van der Waals surface area contributed by atoms with Gasteiger partial charge in [-0.1, -0.05) is 49.4 Å². The molecule has 0 aliphatic carbocycles. The maximum atomic E-state index is 12.6. The maximum Gasteiger partial charge on any atom is 0.241 e. The first kappa shape index (κ1) is 18.4. The first-order valence-electron chi connectivity index (χ1n) is 7.29. The Bertz CT molecular complexity index is 622. The lowest BCUT2D eigenvalue weighted by molar-refractivity contribution is -0.126. The average molecular weight is 374 g/mol. The monoisotopic (exact) mass is 373 g/mol. The van der Waals surface area contributed by atoms with Crippen LogP contribution >= 0.6 is 35.6 Å². The smallest absolute Gasteiger partial charge is 0.241 e. The number of thiocarbonyl (C=S) groups is 1. The number of rotatable bonds is 6. The van der Waals surface area contributed by atoms with Gasteiger partial charge in [0.05, 0.1) is 19.5 Å². The third-order valence-electron chi connectivity index (χ3n) is 3.51. The normalized spacial score (nSPS) is 18.0. The molecule has 0 spiro atoms. The fraction of sp³-hybridized carbons (Fsp3) is 0.500. The second kappa shape index (κ2) is 7.73. The van der Waals surface area contributed by atoms with Crippen molar-refractivity contribution < 1.29 is 14.3 Å². The van der Waals surface area contributed by atoms with Crippen molar-refractivity contribution in [2.75, 3.05) is 20.8 Å². The predicted octanol–water partition coefficient (Wildman–Crippen LogP) is 3.78. The number of carbonyl (C=O) groups is 1. The van der Waals surface area contributed by atoms with Gasteiger partial charge in [0.2, 0.25) is 5.91 Å². The minimum atomic E-state index is -0.239. The summed E-state index contributed by atoms with van der Waals surface area (Å²) in [4.78, 5) is 14.3. The highest BCUT2D eigenvalue weighted by atomic mass is 35.5. The molecule has 1 aliphatic heterocycles. The molecule has 2 rings (SSSR count). The van der Waals surface area contributed by atoms with Crippen molar-refractivity contribution in [3.63, 3.8) is 0 Å². The Kier molecular flexibility index (Phi) is 6.17. The summed E-state index contributed by atoms with van der Waals surface area (Å²) in [5.41, 5.74) is 0.851. The summed E-state index contributed by atoms with van der Waals surface area (Å²) in [5, 5.41) is 0.320. The van der Waals surface area contributed by atoms with E-state index in [1.54, 1.807) is 25.2 Å². The largest absolute Gasteiger partial charge is 0.493 e. The zero-order valence-corrected chi connectivity index (χ0v) is 16.0. The van der Waals surface area contributed by atoms with Gasteiger partial charge < -0.3 is 9.47 Å². The first-order chi connectivity index (χ1) is 10.9. The number of hydrogen-bond donors (Lipinski definition) is 0. The Balaban J connectivity index is 2.20. The number of ether oxygens (including phenoxy) is 2. The van der Waals surface area contributed by atoms with E-state index in [0.29, 0.717) is 39.7 Å². The molecule has 1 amide bonds. The molecule has 1 aromatic carbocycles. The Morgan fingerprint density at radius 1 is 1.30 bits per heavy atom. The van der Waals surface area contributed by atoms with Gasteiger partial charge in [-0.05, 0) is 24.0 Å². The highest BCUT2D eigenvalue weighted by Crippen LogP contribution is 2.37. The third kappa shape index (κ3) is 4.11. The molecule has 0 N–H and O–H groups in total. The SMILES string of the molecule is COc1cc(Cl)c(C[C@H]2SC(=S)N(CC(C)C)C2=O)cc1OC. The van der Waals surface area contributed by atoms with Gasteiger partial charge >= 0.3 is 0 Å². The van der Waals surface area contributed by atoms with Crippen molar-refractivity contribution in [3.05, 3.63) is 22.7 Å². The lowest BCUT2D eigenvalue weighted by Gasteiger charge is -2.18. The number of carbonyl (C=O) groups excluding carboxylic acids is 1. The molecular weight excluding hydrogens is 354 g/mol. The predicted molar refractivity (Wildman–Crippen MR) is 98.8 cm³/mol. The molecule has 1 saturated heterocycles. The quantitative estimate of drug-likeness (QED) is 0.709. The Hall–Kier alpha value is -0.980. The van der Waals surface area contributed by atoms with Gasteiger partial charge in [-0.2, -0.15) is 0 Å². The fourth-order valence-corrected chi connectivity index (χ4v) is 4.18. The molecule has 23 heavy (non-hydrogen) atoms. The molecule has 1 fully saturated rings. The fourth-order valence-electron chi connectivity index (χ4n) is 2.41. The third-order valence-corrected chi connectivity index (χ3v) is 5.45. The number of benzene rings is 1. The van der Waals surface area contributed by atoms with Crippen LogP contribution in [0.1, 0.15) is 19.4 Å². The highest BCUT2D eigenvalue weighted by Gasteiger charge is 2.37. The minimum Gasteiger partial charge on any atom is -0.493 e. The highest BCUT2D eigenvalue weighted by molar-refractivity contribution is 8.24. The molecule has 0 saturated carbocycles. The summed E-state index contributed by atoms with van der Waals surface area (Å²) >= 11 is 13.1. The molecule has 0 bridgehead atoms. The van der Waals surface area contributed by atoms with Crippen LogP contribution in [0.3, 0.4) is 0 Å². The number of halogens is 1. The molecule has 1 aromatic rings. The molecule has 1 heterocycles. The number of thioether (sulfide) groups is 1. The summed E-state index contributed by atoms with van der Waals surface area (Å²) < 4.78 is 11.2. The number of methoxy groups -OCH3 is 2. The van der Waals surface area contributed by atoms with E-state index in [2.05, 4.69) is 13.8 Å². The van der Waals surface area contributed by atoms with E-state index in [-0.39, 0.29) is 11.2 Å². The minimum absolute atomic E-state index is 0.0551. The summed E-state index contributed by atoms with van der Waals surface area (Å²) in [6, 6.07) is 3.53. The summed E-state index contributed by atoms with van der Waals surface area (Å²) in [6.07, 6.45) is 0.511. The van der Waals surface area contributed by atoms with Gasteiger partial charge in [-0.3, -0.25) is 9.69 Å². The van der Waals surface area contributed by atoms with E-state index in [0.717, 1.165) is 5.56 Å². The molecule has 4 nitrogen and oxygen atoms in total. The number of amides is 1. The van der Waals surface area contributed by atoms with Gasteiger partial charge in [-0.15, -0.1) is 0 Å². The van der Waals surface area contributed by atoms with Gasteiger partial charge in [0.25, 0.3) is 0 Å². The van der Waals surface area contributed by atoms with Crippen LogP contribution in [-0.2, 0) is 11.2 Å². The molecule has 7 heteroatoms. The molecular formula is C16H20ClNO3S2. The van der Waals surface area contributed by atoms with E-state index < -0.39 is 0 Å². The maximum absolute atomic E-state index is 12.6. The summed E-state index contributed by atoms with van der Waals surface area (Å²) in [5.74, 6) is 1.60. The topological polar surface area (TPSA) is 38.8 Å². The lowest BCUT2D eigenvalue weighted by atomic mass is 10.1. The van der Waals surface area contributed by atoms with E-state index in [1.807, 2.05) is 6.07 Å². The zero-order valence-electron chi connectivity index (χ0n) is 13.6. The van der Waals surface area contributed by atoms with Crippen molar-refractivity contribution in [1.29, 1.82) is 0 Å². The van der Waals surface area contributed by atoms with Crippen LogP contribution in [0, 0.1) is 5.92 Å². The molecule has 0 aromatic heterocycles. The van der Waals surface area contributed by atoms with Gasteiger partial charge in [0, 0.05) is 17.6 Å². The Labute approximate surface area is 151 Å². The van der Waals surface area contributed by atoms with Gasteiger partial charge in [-0.25, -0.2) is 0 Å². The van der Waals surface area contributed by atoms with Gasteiger partial charge in [0.1, 0.15) is 4.32 Å². The Morgan fingerprint density at radius 2 is 1.91 bits per heavy atom. The first-order valence-corrected chi connectivity index (χ1v) is 8.96. The summed E-state index contributed by atoms with van der Waals surface area (Å²) in [6.45, 7) is 4.79. The molecule has 1 atom stereocenters. The van der Waals surface area contributed by atoms with E-state index >= 15 is 0 Å². The molecule has 126 valence electrons. The number of nitrogens with zero attached hydrogens (tertiary/aromatic N) is 1. The van der Waals surface area contributed by atoms with Crippen LogP contribution in [0.4, 0.5) is 0 Å². The number of hydrogen-bond acceptors (Lipinski definition) is 5. The van der Waals surface area contributed by atoms with E-state index in [9.17, 15) is 4.79 Å². The zero-order chi connectivity index (χ0) is 17.1. The summed E-state index contributed by atoms with van der Waals surface area (Å²) in [7, 11) is 3.14. The second-order valence-corrected chi connectivity index (χ2v) is 7.96. The van der Waals surface area contributed by atoms with Crippen LogP contribution in [0.2, 0.25) is 5.02 Å². The molecule has 0 unspecified atom stereocenters. The van der Waals surface area contributed by atoms with Crippen molar-refractivity contribution >= 4 is 45.8 Å². The average Bonchev–Trinajstić information content (AvgIpc) is 2.76. The van der Waals surface area contributed by atoms with Gasteiger partial charge in [0.15, 0.2) is 11.5 Å². The standard InChI is InChI=1S/C16H20ClNO3S2/c1-9(2)8-18-15(19)14(23-16(18)22)6-10-5-12(20-3)13(21-4)7-11(10)17/h5,7,9,14H,6,8H2,1-4H3/t14-/m1/s1. The van der Waals surface area contributed by atoms with Crippen molar-refractivity contribution in [3.8, 4) is 11.5 Å². The molecule has 0 radical (unpaired) electrons. The van der Waals surface area contributed by atoms with Crippen LogP contribution < -0.4 is 9.47 Å². The van der Waals surface area contributed by atoms with E-state index in [4.69, 9.17) is 33.3 Å². The second-order valence-electron chi connectivity index (χ2n) is 5.72. The van der Waals surface area contributed by atoms with Crippen molar-refractivity contribution in [2.24, 2.45) is 5.92 Å². The lowest BCUT2D eigenvalue weighted by Crippen LogP contribution is -2.34. The Morgan fingerprint density at radius 3 is 2.48 bits per heavy atom.